The summed E-state index contributed by atoms with van der Waals surface area (Å²) in [7, 11) is 0. The van der Waals surface area contributed by atoms with Crippen LogP contribution in [0.1, 0.15) is 30.9 Å². The zero-order valence-corrected chi connectivity index (χ0v) is 10.7. The minimum absolute atomic E-state index is 0.558. The van der Waals surface area contributed by atoms with E-state index in [-0.39, 0.29) is 0 Å². The predicted molar refractivity (Wildman–Crippen MR) is 75.1 cm³/mol. The first-order chi connectivity index (χ1) is 8.08. The standard InChI is InChI=1S/C16H19N/c1-11(2)14-5-4-12(3)16(10-14)13-6-8-15(17)9-7-13/h4-11H,17H2,1-3H3. The van der Waals surface area contributed by atoms with Crippen LogP contribution in [0, 0.1) is 6.92 Å². The monoisotopic (exact) mass is 225 g/mol. The Morgan fingerprint density at radius 2 is 1.59 bits per heavy atom. The van der Waals surface area contributed by atoms with E-state index in [2.05, 4.69) is 51.1 Å². The summed E-state index contributed by atoms with van der Waals surface area (Å²) in [6.07, 6.45) is 0. The second-order valence-electron chi connectivity index (χ2n) is 4.85. The number of benzene rings is 2. The van der Waals surface area contributed by atoms with Gasteiger partial charge in [0.2, 0.25) is 0 Å². The van der Waals surface area contributed by atoms with Crippen LogP contribution >= 0.6 is 0 Å². The van der Waals surface area contributed by atoms with Gasteiger partial charge < -0.3 is 5.73 Å². The molecule has 0 saturated heterocycles. The van der Waals surface area contributed by atoms with Gasteiger partial charge in [0.05, 0.1) is 0 Å². The molecule has 0 bridgehead atoms. The Bertz CT molecular complexity index is 510. The van der Waals surface area contributed by atoms with Crippen molar-refractivity contribution < 1.29 is 0 Å². The molecule has 0 aliphatic carbocycles. The van der Waals surface area contributed by atoms with Crippen LogP contribution in [0.25, 0.3) is 11.1 Å². The fourth-order valence-electron chi connectivity index (χ4n) is 1.97. The van der Waals surface area contributed by atoms with Crippen LogP contribution in [0.2, 0.25) is 0 Å². The Morgan fingerprint density at radius 3 is 2.18 bits per heavy atom. The maximum absolute atomic E-state index is 5.72. The molecule has 0 amide bonds. The molecule has 0 aliphatic rings. The number of nitrogens with two attached hydrogens (primary N) is 1. The van der Waals surface area contributed by atoms with E-state index >= 15 is 0 Å². The molecule has 2 aromatic rings. The smallest absolute Gasteiger partial charge is 0.0314 e. The fraction of sp³-hybridized carbons (Fsp3) is 0.250. The van der Waals surface area contributed by atoms with Crippen molar-refractivity contribution in [1.29, 1.82) is 0 Å². The average molecular weight is 225 g/mol. The lowest BCUT2D eigenvalue weighted by Gasteiger charge is -2.11. The van der Waals surface area contributed by atoms with E-state index in [1.807, 2.05) is 12.1 Å². The van der Waals surface area contributed by atoms with Crippen molar-refractivity contribution in [3.05, 3.63) is 53.6 Å². The molecule has 0 radical (unpaired) electrons. The first-order valence-electron chi connectivity index (χ1n) is 6.04. The van der Waals surface area contributed by atoms with Crippen LogP contribution in [0.3, 0.4) is 0 Å². The zero-order chi connectivity index (χ0) is 12.4. The van der Waals surface area contributed by atoms with Gasteiger partial charge in [-0.05, 0) is 47.2 Å². The molecule has 1 heteroatoms. The number of rotatable bonds is 2. The minimum atomic E-state index is 0.558. The zero-order valence-electron chi connectivity index (χ0n) is 10.7. The van der Waals surface area contributed by atoms with E-state index in [0.29, 0.717) is 5.92 Å². The lowest BCUT2D eigenvalue weighted by molar-refractivity contribution is 0.866. The van der Waals surface area contributed by atoms with E-state index in [1.54, 1.807) is 0 Å². The Morgan fingerprint density at radius 1 is 0.941 bits per heavy atom. The van der Waals surface area contributed by atoms with Crippen LogP contribution in [0.4, 0.5) is 5.69 Å². The van der Waals surface area contributed by atoms with Gasteiger partial charge in [0.1, 0.15) is 0 Å². The third-order valence-corrected chi connectivity index (χ3v) is 3.15. The molecule has 0 atom stereocenters. The number of hydrogen-bond donors (Lipinski definition) is 1. The van der Waals surface area contributed by atoms with Crippen molar-refractivity contribution in [3.63, 3.8) is 0 Å². The molecule has 17 heavy (non-hydrogen) atoms. The molecule has 0 heterocycles. The number of nitrogen functional groups attached to an aromatic ring is 1. The second kappa shape index (κ2) is 4.62. The highest BCUT2D eigenvalue weighted by Crippen LogP contribution is 2.27. The first-order valence-corrected chi connectivity index (χ1v) is 6.04. The lowest BCUT2D eigenvalue weighted by Crippen LogP contribution is -1.91. The van der Waals surface area contributed by atoms with Crippen LogP contribution in [-0.4, -0.2) is 0 Å². The van der Waals surface area contributed by atoms with E-state index < -0.39 is 0 Å². The molecule has 2 rings (SSSR count). The van der Waals surface area contributed by atoms with Gasteiger partial charge in [0.25, 0.3) is 0 Å². The van der Waals surface area contributed by atoms with Gasteiger partial charge in [-0.2, -0.15) is 0 Å². The highest BCUT2D eigenvalue weighted by molar-refractivity contribution is 5.69. The maximum atomic E-state index is 5.72. The van der Waals surface area contributed by atoms with Crippen molar-refractivity contribution in [2.75, 3.05) is 5.73 Å². The summed E-state index contributed by atoms with van der Waals surface area (Å²) >= 11 is 0. The van der Waals surface area contributed by atoms with Crippen molar-refractivity contribution >= 4 is 5.69 Å². The quantitative estimate of drug-likeness (QED) is 0.755. The highest BCUT2D eigenvalue weighted by Gasteiger charge is 2.05. The number of hydrogen-bond acceptors (Lipinski definition) is 1. The maximum Gasteiger partial charge on any atom is 0.0314 e. The normalized spacial score (nSPS) is 10.8. The Labute approximate surface area is 103 Å². The Kier molecular flexibility index (Phi) is 3.19. The first kappa shape index (κ1) is 11.7. The average Bonchev–Trinajstić information content (AvgIpc) is 2.31. The lowest BCUT2D eigenvalue weighted by atomic mass is 9.94. The van der Waals surface area contributed by atoms with Crippen LogP contribution in [0.15, 0.2) is 42.5 Å². The topological polar surface area (TPSA) is 26.0 Å². The van der Waals surface area contributed by atoms with Gasteiger partial charge in [-0.15, -0.1) is 0 Å². The molecular formula is C16H19N. The molecule has 1 nitrogen and oxygen atoms in total. The van der Waals surface area contributed by atoms with E-state index in [0.717, 1.165) is 5.69 Å². The summed E-state index contributed by atoms with van der Waals surface area (Å²) < 4.78 is 0. The van der Waals surface area contributed by atoms with Gasteiger partial charge >= 0.3 is 0 Å². The van der Waals surface area contributed by atoms with Gasteiger partial charge in [0, 0.05) is 5.69 Å². The summed E-state index contributed by atoms with van der Waals surface area (Å²) in [5.41, 5.74) is 11.8. The van der Waals surface area contributed by atoms with E-state index in [9.17, 15) is 0 Å². The molecule has 2 aromatic carbocycles. The summed E-state index contributed by atoms with van der Waals surface area (Å²) in [6, 6.07) is 14.8. The molecule has 0 aliphatic heterocycles. The Hall–Kier alpha value is -1.76. The van der Waals surface area contributed by atoms with Crippen molar-refractivity contribution in [2.24, 2.45) is 0 Å². The second-order valence-corrected chi connectivity index (χ2v) is 4.85. The summed E-state index contributed by atoms with van der Waals surface area (Å²) in [5, 5.41) is 0. The van der Waals surface area contributed by atoms with E-state index in [4.69, 9.17) is 5.73 Å². The molecule has 0 spiro atoms. The SMILES string of the molecule is Cc1ccc(C(C)C)cc1-c1ccc(N)cc1. The summed E-state index contributed by atoms with van der Waals surface area (Å²) in [4.78, 5) is 0. The summed E-state index contributed by atoms with van der Waals surface area (Å²) in [6.45, 7) is 6.59. The van der Waals surface area contributed by atoms with Crippen molar-refractivity contribution in [1.82, 2.24) is 0 Å². The molecule has 0 aromatic heterocycles. The molecule has 2 N–H and O–H groups in total. The molecule has 0 saturated carbocycles. The number of anilines is 1. The summed E-state index contributed by atoms with van der Waals surface area (Å²) in [5.74, 6) is 0.558. The molecular weight excluding hydrogens is 206 g/mol. The van der Waals surface area contributed by atoms with Crippen molar-refractivity contribution in [2.45, 2.75) is 26.7 Å². The van der Waals surface area contributed by atoms with Gasteiger partial charge in [-0.1, -0.05) is 44.2 Å². The third kappa shape index (κ3) is 2.50. The molecule has 0 unspecified atom stereocenters. The van der Waals surface area contributed by atoms with Gasteiger partial charge in [0.15, 0.2) is 0 Å². The van der Waals surface area contributed by atoms with Gasteiger partial charge in [-0.25, -0.2) is 0 Å². The number of aryl methyl sites for hydroxylation is 1. The van der Waals surface area contributed by atoms with E-state index in [1.165, 1.54) is 22.3 Å². The Balaban J connectivity index is 2.50. The van der Waals surface area contributed by atoms with Gasteiger partial charge in [-0.3, -0.25) is 0 Å². The largest absolute Gasteiger partial charge is 0.399 e. The molecule has 88 valence electrons. The fourth-order valence-corrected chi connectivity index (χ4v) is 1.97. The van der Waals surface area contributed by atoms with Crippen LogP contribution in [0.5, 0.6) is 0 Å². The van der Waals surface area contributed by atoms with Crippen LogP contribution < -0.4 is 5.73 Å². The predicted octanol–water partition coefficient (Wildman–Crippen LogP) is 4.37. The third-order valence-electron chi connectivity index (χ3n) is 3.15. The van der Waals surface area contributed by atoms with Crippen molar-refractivity contribution in [3.8, 4) is 11.1 Å². The molecule has 0 fully saturated rings. The highest BCUT2D eigenvalue weighted by atomic mass is 14.5. The minimum Gasteiger partial charge on any atom is -0.399 e. The van der Waals surface area contributed by atoms with Crippen LogP contribution in [-0.2, 0) is 0 Å².